The van der Waals surface area contributed by atoms with E-state index in [0.717, 1.165) is 11.1 Å². The van der Waals surface area contributed by atoms with Crippen LogP contribution >= 0.6 is 0 Å². The molecule has 0 unspecified atom stereocenters. The van der Waals surface area contributed by atoms with Crippen LogP contribution in [0.5, 0.6) is 0 Å². The molecule has 23 heavy (non-hydrogen) atoms. The van der Waals surface area contributed by atoms with Gasteiger partial charge < -0.3 is 15.5 Å². The molecule has 1 amide bonds. The number of aliphatic hydroxyl groups excluding tert-OH is 1. The smallest absolute Gasteiger partial charge is 0.331 e. The molecule has 0 bridgehead atoms. The molecular formula is C18H19NO4. The predicted octanol–water partition coefficient (Wildman–Crippen LogP) is 1.77. The van der Waals surface area contributed by atoms with Gasteiger partial charge in [-0.15, -0.1) is 0 Å². The predicted molar refractivity (Wildman–Crippen MR) is 86.0 cm³/mol. The average molecular weight is 313 g/mol. The van der Waals surface area contributed by atoms with Crippen LogP contribution in [0.4, 0.5) is 0 Å². The molecule has 5 heteroatoms. The first-order valence-corrected chi connectivity index (χ1v) is 7.24. The van der Waals surface area contributed by atoms with E-state index < -0.39 is 29.9 Å². The van der Waals surface area contributed by atoms with Gasteiger partial charge in [0.15, 0.2) is 5.54 Å². The van der Waals surface area contributed by atoms with Crippen LogP contribution in [0.15, 0.2) is 60.7 Å². The van der Waals surface area contributed by atoms with Crippen molar-refractivity contribution < 1.29 is 19.8 Å². The summed E-state index contributed by atoms with van der Waals surface area (Å²) >= 11 is 0. The maximum Gasteiger partial charge on any atom is 0.331 e. The number of carboxylic acids is 1. The summed E-state index contributed by atoms with van der Waals surface area (Å²) in [4.78, 5) is 24.0. The van der Waals surface area contributed by atoms with E-state index in [4.69, 9.17) is 0 Å². The molecule has 0 aliphatic rings. The Hall–Kier alpha value is -2.66. The summed E-state index contributed by atoms with van der Waals surface area (Å²) in [6.45, 7) is 0.588. The highest BCUT2D eigenvalue weighted by Gasteiger charge is 2.36. The highest BCUT2D eigenvalue weighted by atomic mass is 16.4. The van der Waals surface area contributed by atoms with Crippen LogP contribution in [0.2, 0.25) is 0 Å². The molecule has 0 radical (unpaired) electrons. The van der Waals surface area contributed by atoms with Crippen molar-refractivity contribution in [3.8, 4) is 0 Å². The Morgan fingerprint density at radius 3 is 1.78 bits per heavy atom. The van der Waals surface area contributed by atoms with Crippen LogP contribution in [0.1, 0.15) is 24.0 Å². The van der Waals surface area contributed by atoms with Crippen molar-refractivity contribution in [2.24, 2.45) is 0 Å². The Bertz CT molecular complexity index is 632. The van der Waals surface area contributed by atoms with Crippen LogP contribution in [-0.4, -0.2) is 34.2 Å². The summed E-state index contributed by atoms with van der Waals surface area (Å²) in [6.07, 6.45) is 0. The molecule has 0 aromatic heterocycles. The second-order valence-corrected chi connectivity index (χ2v) is 5.54. The number of aliphatic carboxylic acids is 1. The van der Waals surface area contributed by atoms with E-state index in [0.29, 0.717) is 0 Å². The van der Waals surface area contributed by atoms with E-state index in [9.17, 15) is 19.8 Å². The summed E-state index contributed by atoms with van der Waals surface area (Å²) in [6, 6.07) is 18.2. The molecule has 0 spiro atoms. The van der Waals surface area contributed by atoms with Gasteiger partial charge in [0.1, 0.15) is 0 Å². The third-order valence-electron chi connectivity index (χ3n) is 3.72. The van der Waals surface area contributed by atoms with Crippen LogP contribution in [-0.2, 0) is 9.59 Å². The number of benzene rings is 2. The van der Waals surface area contributed by atoms with E-state index in [1.807, 2.05) is 60.7 Å². The lowest BCUT2D eigenvalue weighted by molar-refractivity contribution is -0.148. The normalized spacial score (nSPS) is 13.3. The van der Waals surface area contributed by atoms with Crippen molar-refractivity contribution in [3.63, 3.8) is 0 Å². The van der Waals surface area contributed by atoms with Crippen LogP contribution in [0.3, 0.4) is 0 Å². The maximum atomic E-state index is 12.7. The molecule has 0 fully saturated rings. The number of carboxylic acid groups (broad SMARTS) is 1. The fourth-order valence-electron chi connectivity index (χ4n) is 2.29. The van der Waals surface area contributed by atoms with Gasteiger partial charge in [-0.2, -0.15) is 0 Å². The summed E-state index contributed by atoms with van der Waals surface area (Å²) in [5, 5.41) is 21.0. The largest absolute Gasteiger partial charge is 0.479 e. The Morgan fingerprint density at radius 1 is 1.00 bits per heavy atom. The second kappa shape index (κ2) is 7.07. The molecule has 5 nitrogen and oxygen atoms in total. The minimum atomic E-state index is -1.72. The van der Waals surface area contributed by atoms with Crippen molar-refractivity contribution in [1.82, 2.24) is 5.32 Å². The molecule has 2 aromatic rings. The lowest BCUT2D eigenvalue weighted by atomic mass is 9.89. The summed E-state index contributed by atoms with van der Waals surface area (Å²) in [7, 11) is 0. The van der Waals surface area contributed by atoms with Crippen LogP contribution < -0.4 is 5.32 Å². The Balaban J connectivity index is 2.39. The van der Waals surface area contributed by atoms with Crippen LogP contribution in [0, 0.1) is 0 Å². The number of rotatable bonds is 6. The number of amides is 1. The van der Waals surface area contributed by atoms with E-state index in [1.54, 1.807) is 0 Å². The fraction of sp³-hybridized carbons (Fsp3) is 0.222. The van der Waals surface area contributed by atoms with Crippen molar-refractivity contribution in [3.05, 3.63) is 71.8 Å². The first-order chi connectivity index (χ1) is 11.0. The van der Waals surface area contributed by atoms with Gasteiger partial charge in [-0.25, -0.2) is 4.79 Å². The fourth-order valence-corrected chi connectivity index (χ4v) is 2.29. The zero-order valence-electron chi connectivity index (χ0n) is 12.8. The summed E-state index contributed by atoms with van der Waals surface area (Å²) in [5.74, 6) is -2.41. The van der Waals surface area contributed by atoms with E-state index in [2.05, 4.69) is 5.32 Å². The lowest BCUT2D eigenvalue weighted by Gasteiger charge is -2.27. The van der Waals surface area contributed by atoms with Gasteiger partial charge in [-0.1, -0.05) is 60.7 Å². The highest BCUT2D eigenvalue weighted by molar-refractivity contribution is 5.92. The molecule has 0 aliphatic carbocycles. The first-order valence-electron chi connectivity index (χ1n) is 7.24. The molecule has 1 atom stereocenters. The zero-order chi connectivity index (χ0) is 16.9. The molecule has 0 heterocycles. The second-order valence-electron chi connectivity index (χ2n) is 5.54. The molecule has 120 valence electrons. The SMILES string of the molecule is C[C@@](CO)(NC(=O)C(c1ccccc1)c1ccccc1)C(=O)O. The average Bonchev–Trinajstić information content (AvgIpc) is 2.56. The minimum absolute atomic E-state index is 0.471. The number of hydrogen-bond donors (Lipinski definition) is 3. The van der Waals surface area contributed by atoms with Gasteiger partial charge in [-0.05, 0) is 18.1 Å². The number of carbonyl (C=O) groups is 2. The molecule has 2 rings (SSSR count). The zero-order valence-corrected chi connectivity index (χ0v) is 12.8. The monoisotopic (exact) mass is 313 g/mol. The van der Waals surface area contributed by atoms with Crippen molar-refractivity contribution in [1.29, 1.82) is 0 Å². The molecule has 0 saturated carbocycles. The number of hydrogen-bond acceptors (Lipinski definition) is 3. The molecule has 2 aromatic carbocycles. The van der Waals surface area contributed by atoms with Crippen molar-refractivity contribution in [2.45, 2.75) is 18.4 Å². The number of carbonyl (C=O) groups excluding carboxylic acids is 1. The molecule has 0 saturated heterocycles. The van der Waals surface area contributed by atoms with Gasteiger partial charge in [0, 0.05) is 0 Å². The summed E-state index contributed by atoms with van der Waals surface area (Å²) in [5.41, 5.74) is -0.220. The Labute approximate surface area is 134 Å². The maximum absolute atomic E-state index is 12.7. The van der Waals surface area contributed by atoms with Gasteiger partial charge in [0.2, 0.25) is 5.91 Å². The number of aliphatic hydroxyl groups is 1. The Morgan fingerprint density at radius 2 is 1.43 bits per heavy atom. The third kappa shape index (κ3) is 3.76. The van der Waals surface area contributed by atoms with E-state index in [1.165, 1.54) is 6.92 Å². The lowest BCUT2D eigenvalue weighted by Crippen LogP contribution is -2.56. The first kappa shape index (κ1) is 16.7. The number of nitrogens with one attached hydrogen (secondary N) is 1. The van der Waals surface area contributed by atoms with Crippen molar-refractivity contribution >= 4 is 11.9 Å². The van der Waals surface area contributed by atoms with Gasteiger partial charge in [-0.3, -0.25) is 4.79 Å². The molecule has 0 aliphatic heterocycles. The molecular weight excluding hydrogens is 294 g/mol. The van der Waals surface area contributed by atoms with Gasteiger partial charge >= 0.3 is 5.97 Å². The van der Waals surface area contributed by atoms with E-state index >= 15 is 0 Å². The van der Waals surface area contributed by atoms with Gasteiger partial charge in [0.25, 0.3) is 0 Å². The molecule has 3 N–H and O–H groups in total. The highest BCUT2D eigenvalue weighted by Crippen LogP contribution is 2.25. The van der Waals surface area contributed by atoms with Gasteiger partial charge in [0.05, 0.1) is 12.5 Å². The minimum Gasteiger partial charge on any atom is -0.479 e. The van der Waals surface area contributed by atoms with Crippen LogP contribution in [0.25, 0.3) is 0 Å². The van der Waals surface area contributed by atoms with Crippen molar-refractivity contribution in [2.75, 3.05) is 6.61 Å². The topological polar surface area (TPSA) is 86.6 Å². The summed E-state index contributed by atoms with van der Waals surface area (Å²) < 4.78 is 0. The Kier molecular flexibility index (Phi) is 5.13. The third-order valence-corrected chi connectivity index (χ3v) is 3.72. The quantitative estimate of drug-likeness (QED) is 0.758. The van der Waals surface area contributed by atoms with E-state index in [-0.39, 0.29) is 0 Å². The standard InChI is InChI=1S/C18H19NO4/c1-18(12-20,17(22)23)19-16(21)15(13-8-4-2-5-9-13)14-10-6-3-7-11-14/h2-11,15,20H,12H2,1H3,(H,19,21)(H,22,23)/t18-/m0/s1.